The first-order valence-electron chi connectivity index (χ1n) is 6.31. The molecule has 0 aliphatic heterocycles. The van der Waals surface area contributed by atoms with Gasteiger partial charge in [0.05, 0.1) is 26.3 Å². The maximum absolute atomic E-state index is 11.8. The molecule has 0 aliphatic carbocycles. The maximum atomic E-state index is 11.8. The zero-order chi connectivity index (χ0) is 14.4. The molecule has 0 fully saturated rings. The molecule has 5 heteroatoms. The topological polar surface area (TPSA) is 73.6 Å². The van der Waals surface area contributed by atoms with Crippen molar-refractivity contribution in [3.05, 3.63) is 23.8 Å². The van der Waals surface area contributed by atoms with Gasteiger partial charge in [0.15, 0.2) is 0 Å². The molecule has 2 atom stereocenters. The van der Waals surface area contributed by atoms with Crippen molar-refractivity contribution in [2.24, 2.45) is 5.73 Å². The van der Waals surface area contributed by atoms with Crippen LogP contribution in [0, 0.1) is 0 Å². The Morgan fingerprint density at radius 3 is 2.58 bits per heavy atom. The standard InChI is InChI=1S/C14H22N2O3/c1-5-12(15)14(17)16-9(2)11-7-6-10(18-3)8-13(11)19-4/h6-9,12H,5,15H2,1-4H3,(H,16,17). The smallest absolute Gasteiger partial charge is 0.237 e. The number of nitrogens with two attached hydrogens (primary N) is 1. The molecule has 5 nitrogen and oxygen atoms in total. The molecule has 106 valence electrons. The summed E-state index contributed by atoms with van der Waals surface area (Å²) >= 11 is 0. The van der Waals surface area contributed by atoms with Crippen molar-refractivity contribution in [1.82, 2.24) is 5.32 Å². The van der Waals surface area contributed by atoms with Crippen LogP contribution in [0.2, 0.25) is 0 Å². The lowest BCUT2D eigenvalue weighted by Crippen LogP contribution is -2.41. The van der Waals surface area contributed by atoms with Crippen molar-refractivity contribution in [3.63, 3.8) is 0 Å². The number of hydrogen-bond acceptors (Lipinski definition) is 4. The highest BCUT2D eigenvalue weighted by molar-refractivity contribution is 5.81. The molecule has 1 aromatic carbocycles. The van der Waals surface area contributed by atoms with Gasteiger partial charge in [-0.2, -0.15) is 0 Å². The first kappa shape index (κ1) is 15.3. The van der Waals surface area contributed by atoms with E-state index in [4.69, 9.17) is 15.2 Å². The summed E-state index contributed by atoms with van der Waals surface area (Å²) in [6.45, 7) is 3.77. The summed E-state index contributed by atoms with van der Waals surface area (Å²) in [4.78, 5) is 11.8. The van der Waals surface area contributed by atoms with Gasteiger partial charge in [-0.1, -0.05) is 6.92 Å². The number of hydrogen-bond donors (Lipinski definition) is 2. The molecule has 0 radical (unpaired) electrons. The van der Waals surface area contributed by atoms with Gasteiger partial charge in [-0.3, -0.25) is 4.79 Å². The van der Waals surface area contributed by atoms with Crippen LogP contribution in [0.3, 0.4) is 0 Å². The molecular weight excluding hydrogens is 244 g/mol. The van der Waals surface area contributed by atoms with Crippen molar-refractivity contribution in [3.8, 4) is 11.5 Å². The van der Waals surface area contributed by atoms with Gasteiger partial charge < -0.3 is 20.5 Å². The third kappa shape index (κ3) is 3.86. The minimum absolute atomic E-state index is 0.159. The van der Waals surface area contributed by atoms with Crippen molar-refractivity contribution in [2.75, 3.05) is 14.2 Å². The van der Waals surface area contributed by atoms with Gasteiger partial charge in [-0.05, 0) is 25.5 Å². The Kier molecular flexibility index (Phi) is 5.63. The van der Waals surface area contributed by atoms with E-state index in [1.54, 1.807) is 20.3 Å². The molecule has 0 bridgehead atoms. The van der Waals surface area contributed by atoms with E-state index in [2.05, 4.69) is 5.32 Å². The zero-order valence-corrected chi connectivity index (χ0v) is 11.9. The van der Waals surface area contributed by atoms with Crippen LogP contribution >= 0.6 is 0 Å². The van der Waals surface area contributed by atoms with Crippen LogP contribution in [0.15, 0.2) is 18.2 Å². The summed E-state index contributed by atoms with van der Waals surface area (Å²) in [6.07, 6.45) is 0.609. The Morgan fingerprint density at radius 2 is 2.05 bits per heavy atom. The lowest BCUT2D eigenvalue weighted by atomic mass is 10.1. The summed E-state index contributed by atoms with van der Waals surface area (Å²) in [5.41, 5.74) is 6.58. The molecule has 0 saturated carbocycles. The van der Waals surface area contributed by atoms with Crippen LogP contribution in [-0.2, 0) is 4.79 Å². The predicted octanol–water partition coefficient (Wildman–Crippen LogP) is 1.62. The summed E-state index contributed by atoms with van der Waals surface area (Å²) in [7, 11) is 3.19. The molecule has 0 aliphatic rings. The summed E-state index contributed by atoms with van der Waals surface area (Å²) in [5.74, 6) is 1.23. The molecule has 0 heterocycles. The Bertz CT molecular complexity index is 435. The summed E-state index contributed by atoms with van der Waals surface area (Å²) in [5, 5.41) is 2.87. The second-order valence-electron chi connectivity index (χ2n) is 4.35. The quantitative estimate of drug-likeness (QED) is 0.820. The molecule has 0 aromatic heterocycles. The van der Waals surface area contributed by atoms with Crippen LogP contribution in [-0.4, -0.2) is 26.2 Å². The van der Waals surface area contributed by atoms with Gasteiger partial charge in [0.2, 0.25) is 5.91 Å². The van der Waals surface area contributed by atoms with Crippen molar-refractivity contribution >= 4 is 5.91 Å². The van der Waals surface area contributed by atoms with Crippen molar-refractivity contribution < 1.29 is 14.3 Å². The second-order valence-corrected chi connectivity index (χ2v) is 4.35. The minimum Gasteiger partial charge on any atom is -0.497 e. The highest BCUT2D eigenvalue weighted by atomic mass is 16.5. The summed E-state index contributed by atoms with van der Waals surface area (Å²) < 4.78 is 10.5. The van der Waals surface area contributed by atoms with Gasteiger partial charge in [-0.25, -0.2) is 0 Å². The third-order valence-corrected chi connectivity index (χ3v) is 3.04. The number of ether oxygens (including phenoxy) is 2. The van der Waals surface area contributed by atoms with Gasteiger partial charge in [0, 0.05) is 11.6 Å². The molecule has 0 spiro atoms. The largest absolute Gasteiger partial charge is 0.497 e. The third-order valence-electron chi connectivity index (χ3n) is 3.04. The van der Waals surface area contributed by atoms with Crippen LogP contribution in [0.1, 0.15) is 31.9 Å². The summed E-state index contributed by atoms with van der Waals surface area (Å²) in [6, 6.07) is 4.84. The number of methoxy groups -OCH3 is 2. The molecule has 1 rings (SSSR count). The Labute approximate surface area is 114 Å². The fraction of sp³-hybridized carbons (Fsp3) is 0.500. The molecule has 19 heavy (non-hydrogen) atoms. The molecule has 2 unspecified atom stereocenters. The normalized spacial score (nSPS) is 13.5. The van der Waals surface area contributed by atoms with Gasteiger partial charge in [-0.15, -0.1) is 0 Å². The molecule has 3 N–H and O–H groups in total. The number of nitrogens with one attached hydrogen (secondary N) is 1. The molecule has 1 aromatic rings. The van der Waals surface area contributed by atoms with Crippen LogP contribution in [0.5, 0.6) is 11.5 Å². The lowest BCUT2D eigenvalue weighted by molar-refractivity contribution is -0.123. The highest BCUT2D eigenvalue weighted by Crippen LogP contribution is 2.29. The zero-order valence-electron chi connectivity index (χ0n) is 11.9. The van der Waals surface area contributed by atoms with Gasteiger partial charge in [0.1, 0.15) is 11.5 Å². The first-order chi connectivity index (χ1) is 9.03. The first-order valence-corrected chi connectivity index (χ1v) is 6.31. The van der Waals surface area contributed by atoms with E-state index in [0.29, 0.717) is 17.9 Å². The number of benzene rings is 1. The predicted molar refractivity (Wildman–Crippen MR) is 74.4 cm³/mol. The van der Waals surface area contributed by atoms with Gasteiger partial charge >= 0.3 is 0 Å². The molecule has 1 amide bonds. The van der Waals surface area contributed by atoms with E-state index in [-0.39, 0.29) is 11.9 Å². The Hall–Kier alpha value is -1.75. The Balaban J connectivity index is 2.87. The van der Waals surface area contributed by atoms with Crippen LogP contribution in [0.25, 0.3) is 0 Å². The van der Waals surface area contributed by atoms with E-state index in [1.165, 1.54) is 0 Å². The van der Waals surface area contributed by atoms with Gasteiger partial charge in [0.25, 0.3) is 0 Å². The Morgan fingerprint density at radius 1 is 1.37 bits per heavy atom. The maximum Gasteiger partial charge on any atom is 0.237 e. The fourth-order valence-corrected chi connectivity index (χ4v) is 1.76. The second kappa shape index (κ2) is 6.99. The SMILES string of the molecule is CCC(N)C(=O)NC(C)c1ccc(OC)cc1OC. The average molecular weight is 266 g/mol. The number of carbonyl (C=O) groups excluding carboxylic acids is 1. The molecule has 0 saturated heterocycles. The van der Waals surface area contributed by atoms with E-state index in [1.807, 2.05) is 26.0 Å². The lowest BCUT2D eigenvalue weighted by Gasteiger charge is -2.19. The molecular formula is C14H22N2O3. The van der Waals surface area contributed by atoms with E-state index in [0.717, 1.165) is 5.56 Å². The van der Waals surface area contributed by atoms with Crippen LogP contribution < -0.4 is 20.5 Å². The highest BCUT2D eigenvalue weighted by Gasteiger charge is 2.17. The van der Waals surface area contributed by atoms with Crippen molar-refractivity contribution in [2.45, 2.75) is 32.4 Å². The number of rotatable bonds is 6. The number of amides is 1. The van der Waals surface area contributed by atoms with E-state index < -0.39 is 6.04 Å². The number of carbonyl (C=O) groups is 1. The van der Waals surface area contributed by atoms with Crippen LogP contribution in [0.4, 0.5) is 0 Å². The van der Waals surface area contributed by atoms with E-state index in [9.17, 15) is 4.79 Å². The van der Waals surface area contributed by atoms with E-state index >= 15 is 0 Å². The van der Waals surface area contributed by atoms with Crippen molar-refractivity contribution in [1.29, 1.82) is 0 Å². The minimum atomic E-state index is -0.480. The monoisotopic (exact) mass is 266 g/mol. The fourth-order valence-electron chi connectivity index (χ4n) is 1.76. The average Bonchev–Trinajstić information content (AvgIpc) is 2.45.